The zero-order valence-corrected chi connectivity index (χ0v) is 17.3. The fourth-order valence-corrected chi connectivity index (χ4v) is 3.64. The van der Waals surface area contributed by atoms with Crippen molar-refractivity contribution in [2.45, 2.75) is 39.3 Å². The van der Waals surface area contributed by atoms with E-state index in [0.717, 1.165) is 33.1 Å². The van der Waals surface area contributed by atoms with Gasteiger partial charge in [-0.15, -0.1) is 0 Å². The molecule has 0 radical (unpaired) electrons. The van der Waals surface area contributed by atoms with E-state index in [9.17, 15) is 14.4 Å². The average molecular weight is 442 g/mol. The van der Waals surface area contributed by atoms with E-state index in [-0.39, 0.29) is 11.0 Å². The molecule has 1 fully saturated rings. The lowest BCUT2D eigenvalue weighted by Gasteiger charge is -2.18. The number of methoxy groups -OCH3 is 1. The molecule has 1 aliphatic heterocycles. The van der Waals surface area contributed by atoms with Crippen molar-refractivity contribution < 1.29 is 23.9 Å². The van der Waals surface area contributed by atoms with Gasteiger partial charge >= 0.3 is 5.97 Å². The van der Waals surface area contributed by atoms with E-state index in [4.69, 9.17) is 4.74 Å². The smallest absolute Gasteiger partial charge is 0.328 e. The lowest BCUT2D eigenvalue weighted by atomic mass is 10.2. The number of amides is 2. The number of hydrogen-bond donors (Lipinski definition) is 0. The lowest BCUT2D eigenvalue weighted by Crippen LogP contribution is -2.42. The van der Waals surface area contributed by atoms with Crippen molar-refractivity contribution >= 4 is 50.9 Å². The summed E-state index contributed by atoms with van der Waals surface area (Å²) >= 11 is 4.26. The molecule has 0 spiro atoms. The van der Waals surface area contributed by atoms with Crippen LogP contribution in [0.1, 0.15) is 32.8 Å². The van der Waals surface area contributed by atoms with E-state index < -0.39 is 23.2 Å². The number of benzene rings is 1. The van der Waals surface area contributed by atoms with Crippen molar-refractivity contribution in [3.63, 3.8) is 0 Å². The molecule has 0 saturated carbocycles. The van der Waals surface area contributed by atoms with Gasteiger partial charge < -0.3 is 9.47 Å². The first-order valence-corrected chi connectivity index (χ1v) is 9.70. The molecule has 140 valence electrons. The third-order valence-corrected chi connectivity index (χ3v) is 5.41. The summed E-state index contributed by atoms with van der Waals surface area (Å²) < 4.78 is 11.2. The van der Waals surface area contributed by atoms with Gasteiger partial charge in [0, 0.05) is 0 Å². The van der Waals surface area contributed by atoms with Gasteiger partial charge in [0.2, 0.25) is 0 Å². The number of rotatable bonds is 6. The topological polar surface area (TPSA) is 72.9 Å². The molecule has 8 heteroatoms. The molecule has 6 nitrogen and oxygen atoms in total. The maximum atomic E-state index is 12.5. The Hall–Kier alpha value is -1.80. The van der Waals surface area contributed by atoms with Gasteiger partial charge in [0.25, 0.3) is 11.1 Å². The van der Waals surface area contributed by atoms with E-state index in [0.29, 0.717) is 5.75 Å². The molecule has 0 unspecified atom stereocenters. The minimum absolute atomic E-state index is 0.0912. The number of carbonyl (C=O) groups is 3. The summed E-state index contributed by atoms with van der Waals surface area (Å²) in [7, 11) is 1.22. The zero-order valence-electron chi connectivity index (χ0n) is 14.9. The third kappa shape index (κ3) is 4.48. The van der Waals surface area contributed by atoms with Gasteiger partial charge in [-0.25, -0.2) is 4.79 Å². The van der Waals surface area contributed by atoms with E-state index in [1.54, 1.807) is 12.1 Å². The Morgan fingerprint density at radius 1 is 1.35 bits per heavy atom. The van der Waals surface area contributed by atoms with E-state index >= 15 is 0 Å². The van der Waals surface area contributed by atoms with Crippen molar-refractivity contribution in [3.8, 4) is 5.75 Å². The SMILES string of the molecule is CC[C@H](C)Oc1ccc(/C=C2/SC(=O)N([C@@H](C)C(=O)OC)C2=O)cc1Br. The van der Waals surface area contributed by atoms with Gasteiger partial charge in [-0.1, -0.05) is 13.0 Å². The summed E-state index contributed by atoms with van der Waals surface area (Å²) in [6.45, 7) is 5.49. The summed E-state index contributed by atoms with van der Waals surface area (Å²) in [5.41, 5.74) is 0.740. The summed E-state index contributed by atoms with van der Waals surface area (Å²) in [5.74, 6) is -0.430. The van der Waals surface area contributed by atoms with Gasteiger partial charge in [-0.2, -0.15) is 0 Å². The molecule has 1 saturated heterocycles. The van der Waals surface area contributed by atoms with Gasteiger partial charge in [0.05, 0.1) is 22.6 Å². The maximum Gasteiger partial charge on any atom is 0.328 e. The normalized spacial score (nSPS) is 18.2. The fourth-order valence-electron chi connectivity index (χ4n) is 2.24. The molecular formula is C18H20BrNO5S. The number of imide groups is 1. The first-order valence-electron chi connectivity index (χ1n) is 8.09. The van der Waals surface area contributed by atoms with E-state index in [2.05, 4.69) is 20.7 Å². The highest BCUT2D eigenvalue weighted by atomic mass is 79.9. The number of esters is 1. The van der Waals surface area contributed by atoms with Crippen LogP contribution in [0.25, 0.3) is 6.08 Å². The highest BCUT2D eigenvalue weighted by molar-refractivity contribution is 9.10. The van der Waals surface area contributed by atoms with E-state index in [1.807, 2.05) is 26.0 Å². The van der Waals surface area contributed by atoms with Crippen LogP contribution in [-0.4, -0.2) is 41.3 Å². The van der Waals surface area contributed by atoms with Crippen LogP contribution in [0.15, 0.2) is 27.6 Å². The summed E-state index contributed by atoms with van der Waals surface area (Å²) in [5, 5.41) is -0.491. The Morgan fingerprint density at radius 2 is 2.04 bits per heavy atom. The minimum atomic E-state index is -0.962. The second-order valence-corrected chi connectivity index (χ2v) is 7.62. The Bertz CT molecular complexity index is 764. The summed E-state index contributed by atoms with van der Waals surface area (Å²) in [6.07, 6.45) is 2.60. The van der Waals surface area contributed by atoms with Crippen LogP contribution in [0.3, 0.4) is 0 Å². The highest BCUT2D eigenvalue weighted by Crippen LogP contribution is 2.35. The van der Waals surface area contributed by atoms with Crippen molar-refractivity contribution in [1.29, 1.82) is 0 Å². The molecule has 1 aliphatic rings. The van der Waals surface area contributed by atoms with Crippen LogP contribution >= 0.6 is 27.7 Å². The van der Waals surface area contributed by atoms with E-state index in [1.165, 1.54) is 14.0 Å². The molecule has 0 bridgehead atoms. The Morgan fingerprint density at radius 3 is 2.62 bits per heavy atom. The summed E-state index contributed by atoms with van der Waals surface area (Å²) in [4.78, 5) is 37.4. The standard InChI is InChI=1S/C18H20BrNO5S/c1-5-10(2)25-14-7-6-12(8-13(14)19)9-15-16(21)20(18(23)26-15)11(3)17(22)24-4/h6-11H,5H2,1-4H3/b15-9+/t10-,11-/m0/s1. The molecule has 1 heterocycles. The molecule has 0 aliphatic carbocycles. The first kappa shape index (κ1) is 20.5. The predicted octanol–water partition coefficient (Wildman–Crippen LogP) is 4.22. The highest BCUT2D eigenvalue weighted by Gasteiger charge is 2.41. The van der Waals surface area contributed by atoms with Crippen LogP contribution in [0, 0.1) is 0 Å². The van der Waals surface area contributed by atoms with Gasteiger partial charge in [0.1, 0.15) is 11.8 Å². The van der Waals surface area contributed by atoms with Crippen LogP contribution in [0.4, 0.5) is 4.79 Å². The Balaban J connectivity index is 2.22. The number of halogens is 1. The molecule has 1 aromatic carbocycles. The molecule has 2 rings (SSSR count). The number of hydrogen-bond acceptors (Lipinski definition) is 6. The largest absolute Gasteiger partial charge is 0.490 e. The Labute approximate surface area is 165 Å². The van der Waals surface area contributed by atoms with Crippen molar-refractivity contribution in [2.24, 2.45) is 0 Å². The van der Waals surface area contributed by atoms with Crippen molar-refractivity contribution in [2.75, 3.05) is 7.11 Å². The van der Waals surface area contributed by atoms with Crippen LogP contribution in [-0.2, 0) is 14.3 Å². The molecule has 1 aromatic rings. The van der Waals surface area contributed by atoms with Crippen molar-refractivity contribution in [3.05, 3.63) is 33.1 Å². The molecule has 0 N–H and O–H groups in total. The molecular weight excluding hydrogens is 422 g/mol. The van der Waals surface area contributed by atoms with Gasteiger partial charge in [-0.05, 0) is 71.7 Å². The molecule has 0 aromatic heterocycles. The first-order chi connectivity index (χ1) is 12.3. The number of carbonyl (C=O) groups excluding carboxylic acids is 3. The average Bonchev–Trinajstić information content (AvgIpc) is 2.89. The maximum absolute atomic E-state index is 12.5. The molecule has 26 heavy (non-hydrogen) atoms. The molecule has 2 amide bonds. The number of thioether (sulfide) groups is 1. The van der Waals surface area contributed by atoms with Crippen molar-refractivity contribution in [1.82, 2.24) is 4.90 Å². The predicted molar refractivity (Wildman–Crippen MR) is 104 cm³/mol. The Kier molecular flexibility index (Phi) is 6.88. The lowest BCUT2D eigenvalue weighted by molar-refractivity contribution is -0.148. The van der Waals surface area contributed by atoms with Crippen LogP contribution in [0.5, 0.6) is 5.75 Å². The van der Waals surface area contributed by atoms with Crippen LogP contribution in [0.2, 0.25) is 0 Å². The fraction of sp³-hybridized carbons (Fsp3) is 0.389. The minimum Gasteiger partial charge on any atom is -0.490 e. The third-order valence-electron chi connectivity index (χ3n) is 3.91. The second kappa shape index (κ2) is 8.73. The monoisotopic (exact) mass is 441 g/mol. The second-order valence-electron chi connectivity index (χ2n) is 5.78. The summed E-state index contributed by atoms with van der Waals surface area (Å²) in [6, 6.07) is 4.47. The number of ether oxygens (including phenoxy) is 2. The van der Waals surface area contributed by atoms with Crippen LogP contribution < -0.4 is 4.74 Å². The van der Waals surface area contributed by atoms with Gasteiger partial charge in [-0.3, -0.25) is 14.5 Å². The quantitative estimate of drug-likeness (QED) is 0.485. The zero-order chi connectivity index (χ0) is 19.4. The number of nitrogens with zero attached hydrogens (tertiary/aromatic N) is 1. The van der Waals surface area contributed by atoms with Gasteiger partial charge in [0.15, 0.2) is 0 Å². The molecule has 2 atom stereocenters.